The Balaban J connectivity index is 1.68. The highest BCUT2D eigenvalue weighted by molar-refractivity contribution is 9.10. The van der Waals surface area contributed by atoms with Gasteiger partial charge in [-0.15, -0.1) is 0 Å². The molecule has 0 saturated carbocycles. The lowest BCUT2D eigenvalue weighted by molar-refractivity contribution is 0.148. The quantitative estimate of drug-likeness (QED) is 0.854. The highest BCUT2D eigenvalue weighted by Crippen LogP contribution is 2.34. The summed E-state index contributed by atoms with van der Waals surface area (Å²) in [6.07, 6.45) is 0.337. The number of anilines is 1. The molecule has 110 valence electrons. The lowest BCUT2D eigenvalue weighted by atomic mass is 10.1. The van der Waals surface area contributed by atoms with E-state index in [4.69, 9.17) is 15.2 Å². The first-order chi connectivity index (χ1) is 10.0. The third-order valence-corrected chi connectivity index (χ3v) is 3.80. The summed E-state index contributed by atoms with van der Waals surface area (Å²) in [6, 6.07) is 6.89. The predicted molar refractivity (Wildman–Crippen MR) is 78.5 cm³/mol. The van der Waals surface area contributed by atoms with Gasteiger partial charge in [0.1, 0.15) is 30.1 Å². The Bertz CT molecular complexity index is 670. The topological polar surface area (TPSA) is 44.5 Å². The van der Waals surface area contributed by atoms with E-state index < -0.39 is 5.82 Å². The monoisotopic (exact) mass is 355 g/mol. The molecule has 1 aliphatic heterocycles. The molecule has 0 bridgehead atoms. The molecule has 1 atom stereocenters. The molecule has 0 amide bonds. The van der Waals surface area contributed by atoms with Gasteiger partial charge in [0.25, 0.3) is 0 Å². The molecule has 21 heavy (non-hydrogen) atoms. The van der Waals surface area contributed by atoms with Gasteiger partial charge in [-0.2, -0.15) is 0 Å². The molecule has 2 N–H and O–H groups in total. The van der Waals surface area contributed by atoms with E-state index in [1.54, 1.807) is 6.07 Å². The molecule has 3 rings (SSSR count). The van der Waals surface area contributed by atoms with Gasteiger partial charge in [-0.3, -0.25) is 0 Å². The number of nitrogens with two attached hydrogens (primary N) is 1. The van der Waals surface area contributed by atoms with E-state index >= 15 is 0 Å². The minimum atomic E-state index is -0.438. The SMILES string of the molecule is Nc1cc(F)cc(Br)c1OCC1Cc2cc(F)ccc2O1. The molecule has 0 saturated heterocycles. The van der Waals surface area contributed by atoms with E-state index in [-0.39, 0.29) is 24.2 Å². The smallest absolute Gasteiger partial charge is 0.156 e. The fourth-order valence-corrected chi connectivity index (χ4v) is 2.85. The van der Waals surface area contributed by atoms with Crippen LogP contribution in [0.1, 0.15) is 5.56 Å². The highest BCUT2D eigenvalue weighted by Gasteiger charge is 2.24. The maximum absolute atomic E-state index is 13.1. The summed E-state index contributed by atoms with van der Waals surface area (Å²) >= 11 is 3.21. The van der Waals surface area contributed by atoms with Crippen LogP contribution in [-0.2, 0) is 6.42 Å². The average Bonchev–Trinajstić information content (AvgIpc) is 2.79. The summed E-state index contributed by atoms with van der Waals surface area (Å²) < 4.78 is 38.0. The first-order valence-corrected chi connectivity index (χ1v) is 7.14. The van der Waals surface area contributed by atoms with Crippen molar-refractivity contribution in [3.05, 3.63) is 52.0 Å². The van der Waals surface area contributed by atoms with Crippen LogP contribution in [0.25, 0.3) is 0 Å². The minimum absolute atomic E-state index is 0.212. The van der Waals surface area contributed by atoms with Gasteiger partial charge in [-0.25, -0.2) is 8.78 Å². The van der Waals surface area contributed by atoms with Crippen LogP contribution >= 0.6 is 15.9 Å². The maximum atomic E-state index is 13.1. The Hall–Kier alpha value is -1.82. The van der Waals surface area contributed by atoms with Crippen molar-refractivity contribution in [3.63, 3.8) is 0 Å². The van der Waals surface area contributed by atoms with Crippen molar-refractivity contribution in [1.29, 1.82) is 0 Å². The van der Waals surface area contributed by atoms with Crippen molar-refractivity contribution >= 4 is 21.6 Å². The molecule has 0 radical (unpaired) electrons. The molecule has 1 unspecified atom stereocenters. The zero-order valence-corrected chi connectivity index (χ0v) is 12.5. The summed E-state index contributed by atoms with van der Waals surface area (Å²) in [7, 11) is 0. The summed E-state index contributed by atoms with van der Waals surface area (Å²) in [6.45, 7) is 0.241. The van der Waals surface area contributed by atoms with E-state index in [0.29, 0.717) is 22.4 Å². The molecule has 1 aliphatic rings. The molecule has 2 aromatic carbocycles. The average molecular weight is 356 g/mol. The molecule has 3 nitrogen and oxygen atoms in total. The van der Waals surface area contributed by atoms with Gasteiger partial charge >= 0.3 is 0 Å². The van der Waals surface area contributed by atoms with Crippen LogP contribution in [0.5, 0.6) is 11.5 Å². The Morgan fingerprint density at radius 3 is 2.81 bits per heavy atom. The fourth-order valence-electron chi connectivity index (χ4n) is 2.29. The van der Waals surface area contributed by atoms with Crippen molar-refractivity contribution in [2.45, 2.75) is 12.5 Å². The molecule has 6 heteroatoms. The number of rotatable bonds is 3. The third-order valence-electron chi connectivity index (χ3n) is 3.21. The van der Waals surface area contributed by atoms with Gasteiger partial charge in [0.15, 0.2) is 5.75 Å². The zero-order valence-electron chi connectivity index (χ0n) is 10.9. The Morgan fingerprint density at radius 1 is 1.24 bits per heavy atom. The molecule has 2 aromatic rings. The van der Waals surface area contributed by atoms with Crippen LogP contribution in [0.3, 0.4) is 0 Å². The number of fused-ring (bicyclic) bond motifs is 1. The summed E-state index contributed by atoms with van der Waals surface area (Å²) in [4.78, 5) is 0. The van der Waals surface area contributed by atoms with Gasteiger partial charge in [0.05, 0.1) is 10.2 Å². The second-order valence-electron chi connectivity index (χ2n) is 4.81. The Labute approximate surface area is 128 Å². The van der Waals surface area contributed by atoms with Crippen LogP contribution in [0.4, 0.5) is 14.5 Å². The first kappa shape index (κ1) is 14.1. The van der Waals surface area contributed by atoms with Gasteiger partial charge in [-0.05, 0) is 40.2 Å². The first-order valence-electron chi connectivity index (χ1n) is 6.35. The maximum Gasteiger partial charge on any atom is 0.156 e. The van der Waals surface area contributed by atoms with E-state index in [1.807, 2.05) is 0 Å². The summed E-state index contributed by atoms with van der Waals surface area (Å²) in [5, 5.41) is 0. The van der Waals surface area contributed by atoms with Gasteiger partial charge in [-0.1, -0.05) is 0 Å². The molecule has 0 aromatic heterocycles. The summed E-state index contributed by atoms with van der Waals surface area (Å²) in [5.41, 5.74) is 6.75. The number of ether oxygens (including phenoxy) is 2. The van der Waals surface area contributed by atoms with E-state index in [9.17, 15) is 8.78 Å². The Morgan fingerprint density at radius 2 is 2.05 bits per heavy atom. The third kappa shape index (κ3) is 2.95. The molecule has 0 spiro atoms. The molecular weight excluding hydrogens is 344 g/mol. The fraction of sp³-hybridized carbons (Fsp3) is 0.200. The number of halogens is 3. The van der Waals surface area contributed by atoms with Crippen LogP contribution in [0.2, 0.25) is 0 Å². The van der Waals surface area contributed by atoms with Crippen LogP contribution in [0, 0.1) is 11.6 Å². The van der Waals surface area contributed by atoms with Gasteiger partial charge in [0, 0.05) is 18.1 Å². The molecule has 0 fully saturated rings. The van der Waals surface area contributed by atoms with Gasteiger partial charge < -0.3 is 15.2 Å². The second-order valence-corrected chi connectivity index (χ2v) is 5.67. The standard InChI is InChI=1S/C15H12BrF2NO2/c16-12-5-10(18)6-13(19)15(12)20-7-11-4-8-3-9(17)1-2-14(8)21-11/h1-3,5-6,11H,4,7,19H2. The van der Waals surface area contributed by atoms with Gasteiger partial charge in [0.2, 0.25) is 0 Å². The second kappa shape index (κ2) is 5.52. The molecule has 1 heterocycles. The summed E-state index contributed by atoms with van der Waals surface area (Å²) in [5.74, 6) is 0.314. The zero-order chi connectivity index (χ0) is 15.0. The molecular formula is C15H12BrF2NO2. The lowest BCUT2D eigenvalue weighted by Crippen LogP contribution is -2.22. The van der Waals surface area contributed by atoms with Crippen molar-refractivity contribution in [1.82, 2.24) is 0 Å². The Kier molecular flexibility index (Phi) is 3.71. The predicted octanol–water partition coefficient (Wildman–Crippen LogP) is 3.69. The number of hydrogen-bond acceptors (Lipinski definition) is 3. The largest absolute Gasteiger partial charge is 0.486 e. The van der Waals surface area contributed by atoms with Crippen molar-refractivity contribution < 1.29 is 18.3 Å². The van der Waals surface area contributed by atoms with Crippen LogP contribution in [0.15, 0.2) is 34.8 Å². The van der Waals surface area contributed by atoms with E-state index in [1.165, 1.54) is 24.3 Å². The molecule has 0 aliphatic carbocycles. The minimum Gasteiger partial charge on any atom is -0.486 e. The number of hydrogen-bond donors (Lipinski definition) is 1. The van der Waals surface area contributed by atoms with Crippen LogP contribution in [-0.4, -0.2) is 12.7 Å². The normalized spacial score (nSPS) is 16.4. The highest BCUT2D eigenvalue weighted by atomic mass is 79.9. The lowest BCUT2D eigenvalue weighted by Gasteiger charge is -2.15. The van der Waals surface area contributed by atoms with E-state index in [2.05, 4.69) is 15.9 Å². The number of nitrogen functional groups attached to an aromatic ring is 1. The number of benzene rings is 2. The van der Waals surface area contributed by atoms with Crippen LogP contribution < -0.4 is 15.2 Å². The van der Waals surface area contributed by atoms with E-state index in [0.717, 1.165) is 5.56 Å². The van der Waals surface area contributed by atoms with Crippen molar-refractivity contribution in [2.24, 2.45) is 0 Å². The van der Waals surface area contributed by atoms with Crippen molar-refractivity contribution in [2.75, 3.05) is 12.3 Å². The van der Waals surface area contributed by atoms with Crippen molar-refractivity contribution in [3.8, 4) is 11.5 Å².